The molecule has 1 aromatic carbocycles. The lowest BCUT2D eigenvalue weighted by molar-refractivity contribution is -0.124. The van der Waals surface area contributed by atoms with Crippen LogP contribution in [0.25, 0.3) is 6.08 Å². The third kappa shape index (κ3) is 5.79. The molecule has 1 heterocycles. The number of allylic oxidation sites excluding steroid dienone is 2. The topological polar surface area (TPSA) is 49.4 Å². The predicted molar refractivity (Wildman–Crippen MR) is 120 cm³/mol. The maximum Gasteiger partial charge on any atom is 0.266 e. The Hall–Kier alpha value is -1.92. The highest BCUT2D eigenvalue weighted by Gasteiger charge is 2.32. The standard InChI is InChI=1S/C22H26N2O2S2/c1-16(14-17-8-4-2-5-9-17)15-19-21(26)24(22(27)28-19)13-12-20(25)23-18-10-6-3-7-11-18/h2,4-5,8-9,14-15,18H,3,6-7,10-13H2,1H3,(H,23,25)/b16-14?,19-15-. The number of amides is 2. The summed E-state index contributed by atoms with van der Waals surface area (Å²) in [7, 11) is 0. The van der Waals surface area contributed by atoms with E-state index in [0.29, 0.717) is 15.8 Å². The van der Waals surface area contributed by atoms with Gasteiger partial charge in [-0.05, 0) is 37.0 Å². The van der Waals surface area contributed by atoms with Crippen molar-refractivity contribution in [1.29, 1.82) is 0 Å². The van der Waals surface area contributed by atoms with Gasteiger partial charge in [-0.3, -0.25) is 14.5 Å². The lowest BCUT2D eigenvalue weighted by atomic mass is 9.95. The van der Waals surface area contributed by atoms with E-state index in [4.69, 9.17) is 12.2 Å². The monoisotopic (exact) mass is 414 g/mol. The van der Waals surface area contributed by atoms with Crippen molar-refractivity contribution in [1.82, 2.24) is 10.2 Å². The summed E-state index contributed by atoms with van der Waals surface area (Å²) in [5, 5.41) is 3.09. The number of thioether (sulfide) groups is 1. The number of rotatable bonds is 6. The van der Waals surface area contributed by atoms with Crippen LogP contribution in [-0.4, -0.2) is 33.6 Å². The second-order valence-electron chi connectivity index (χ2n) is 7.28. The Bertz CT molecular complexity index is 796. The molecule has 2 aliphatic rings. The van der Waals surface area contributed by atoms with E-state index in [1.165, 1.54) is 31.0 Å². The van der Waals surface area contributed by atoms with Crippen molar-refractivity contribution >= 4 is 46.2 Å². The normalized spacial score (nSPS) is 20.1. The summed E-state index contributed by atoms with van der Waals surface area (Å²) in [6.45, 7) is 2.30. The van der Waals surface area contributed by atoms with E-state index in [1.807, 2.05) is 49.4 Å². The van der Waals surface area contributed by atoms with E-state index >= 15 is 0 Å². The van der Waals surface area contributed by atoms with Crippen LogP contribution in [0.2, 0.25) is 0 Å². The highest BCUT2D eigenvalue weighted by atomic mass is 32.2. The van der Waals surface area contributed by atoms with E-state index < -0.39 is 0 Å². The Morgan fingerprint density at radius 2 is 1.96 bits per heavy atom. The first-order valence-electron chi connectivity index (χ1n) is 9.81. The molecule has 0 aromatic heterocycles. The summed E-state index contributed by atoms with van der Waals surface area (Å²) in [5.74, 6) is -0.105. The van der Waals surface area contributed by atoms with Crippen molar-refractivity contribution in [2.45, 2.75) is 51.5 Å². The minimum absolute atomic E-state index is 0.00471. The molecule has 0 radical (unpaired) electrons. The van der Waals surface area contributed by atoms with E-state index in [-0.39, 0.29) is 24.3 Å². The molecule has 2 amide bonds. The molecule has 0 spiro atoms. The smallest absolute Gasteiger partial charge is 0.266 e. The van der Waals surface area contributed by atoms with Gasteiger partial charge in [0.1, 0.15) is 4.32 Å². The molecule has 0 bridgehead atoms. The van der Waals surface area contributed by atoms with Gasteiger partial charge in [0.25, 0.3) is 5.91 Å². The largest absolute Gasteiger partial charge is 0.353 e. The number of benzene rings is 1. The van der Waals surface area contributed by atoms with E-state index in [2.05, 4.69) is 5.32 Å². The summed E-state index contributed by atoms with van der Waals surface area (Å²) < 4.78 is 0.522. The highest BCUT2D eigenvalue weighted by Crippen LogP contribution is 2.32. The van der Waals surface area contributed by atoms with Crippen LogP contribution >= 0.6 is 24.0 Å². The van der Waals surface area contributed by atoms with E-state index in [0.717, 1.165) is 24.0 Å². The van der Waals surface area contributed by atoms with Gasteiger partial charge in [-0.25, -0.2) is 0 Å². The van der Waals surface area contributed by atoms with Gasteiger partial charge in [0.15, 0.2) is 0 Å². The molecule has 148 valence electrons. The molecule has 1 saturated carbocycles. The summed E-state index contributed by atoms with van der Waals surface area (Å²) in [4.78, 5) is 27.1. The molecule has 1 aromatic rings. The van der Waals surface area contributed by atoms with Gasteiger partial charge in [0, 0.05) is 19.0 Å². The highest BCUT2D eigenvalue weighted by molar-refractivity contribution is 8.26. The van der Waals surface area contributed by atoms with Gasteiger partial charge in [0.2, 0.25) is 5.91 Å². The van der Waals surface area contributed by atoms with Gasteiger partial charge >= 0.3 is 0 Å². The van der Waals surface area contributed by atoms with Crippen molar-refractivity contribution in [2.75, 3.05) is 6.54 Å². The minimum Gasteiger partial charge on any atom is -0.353 e. The zero-order chi connectivity index (χ0) is 19.9. The van der Waals surface area contributed by atoms with Crippen molar-refractivity contribution in [3.63, 3.8) is 0 Å². The molecule has 3 rings (SSSR count). The zero-order valence-corrected chi connectivity index (χ0v) is 17.8. The number of hydrogen-bond donors (Lipinski definition) is 1. The number of nitrogens with zero attached hydrogens (tertiary/aromatic N) is 1. The second kappa shape index (κ2) is 10.0. The maximum atomic E-state index is 12.7. The number of carbonyl (C=O) groups excluding carboxylic acids is 2. The summed E-state index contributed by atoms with van der Waals surface area (Å²) in [6, 6.07) is 10.3. The van der Waals surface area contributed by atoms with Crippen LogP contribution in [0.4, 0.5) is 0 Å². The molecule has 0 atom stereocenters. The zero-order valence-electron chi connectivity index (χ0n) is 16.1. The Labute approximate surface area is 176 Å². The van der Waals surface area contributed by atoms with Gasteiger partial charge in [-0.1, -0.05) is 79.7 Å². The fourth-order valence-corrected chi connectivity index (χ4v) is 4.87. The Morgan fingerprint density at radius 1 is 1.25 bits per heavy atom. The molecule has 0 unspecified atom stereocenters. The van der Waals surface area contributed by atoms with E-state index in [9.17, 15) is 9.59 Å². The number of nitrogens with one attached hydrogen (secondary N) is 1. The minimum atomic E-state index is -0.110. The molecule has 1 saturated heterocycles. The fraction of sp³-hybridized carbons (Fsp3) is 0.409. The lowest BCUT2D eigenvalue weighted by Crippen LogP contribution is -2.39. The molecule has 2 fully saturated rings. The number of hydrogen-bond acceptors (Lipinski definition) is 4. The second-order valence-corrected chi connectivity index (χ2v) is 8.96. The lowest BCUT2D eigenvalue weighted by Gasteiger charge is -2.23. The first-order chi connectivity index (χ1) is 13.5. The third-order valence-electron chi connectivity index (χ3n) is 4.96. The number of carbonyl (C=O) groups is 2. The van der Waals surface area contributed by atoms with E-state index in [1.54, 1.807) is 4.90 Å². The Kier molecular flexibility index (Phi) is 7.45. The summed E-state index contributed by atoms with van der Waals surface area (Å²) in [6.07, 6.45) is 9.92. The first-order valence-corrected chi connectivity index (χ1v) is 11.0. The predicted octanol–water partition coefficient (Wildman–Crippen LogP) is 4.67. The van der Waals surface area contributed by atoms with Crippen molar-refractivity contribution < 1.29 is 9.59 Å². The van der Waals surface area contributed by atoms with Gasteiger partial charge in [-0.15, -0.1) is 0 Å². The molecule has 1 aliphatic carbocycles. The average molecular weight is 415 g/mol. The third-order valence-corrected chi connectivity index (χ3v) is 6.34. The van der Waals surface area contributed by atoms with Gasteiger partial charge < -0.3 is 5.32 Å². The van der Waals surface area contributed by atoms with Crippen LogP contribution in [0.5, 0.6) is 0 Å². The van der Waals surface area contributed by atoms with Crippen molar-refractivity contribution in [2.24, 2.45) is 0 Å². The average Bonchev–Trinajstić information content (AvgIpc) is 2.94. The SMILES string of the molecule is CC(=Cc1ccccc1)/C=C1\SC(=S)N(CCC(=O)NC2CCCCC2)C1=O. The van der Waals surface area contributed by atoms with Crippen LogP contribution in [0.15, 0.2) is 46.9 Å². The molecular weight excluding hydrogens is 388 g/mol. The summed E-state index contributed by atoms with van der Waals surface area (Å²) >= 11 is 6.67. The Balaban J connectivity index is 1.55. The molecule has 1 N–H and O–H groups in total. The number of thiocarbonyl (C=S) groups is 1. The van der Waals surface area contributed by atoms with Gasteiger partial charge in [-0.2, -0.15) is 0 Å². The van der Waals surface area contributed by atoms with Crippen LogP contribution < -0.4 is 5.32 Å². The molecular formula is C22H26N2O2S2. The van der Waals surface area contributed by atoms with Crippen molar-refractivity contribution in [3.8, 4) is 0 Å². The van der Waals surface area contributed by atoms with Gasteiger partial charge in [0.05, 0.1) is 4.91 Å². The fourth-order valence-electron chi connectivity index (χ4n) is 3.51. The molecule has 1 aliphatic heterocycles. The van der Waals surface area contributed by atoms with Crippen LogP contribution in [-0.2, 0) is 9.59 Å². The summed E-state index contributed by atoms with van der Waals surface area (Å²) in [5.41, 5.74) is 2.08. The Morgan fingerprint density at radius 3 is 2.68 bits per heavy atom. The molecule has 28 heavy (non-hydrogen) atoms. The van der Waals surface area contributed by atoms with Crippen molar-refractivity contribution in [3.05, 3.63) is 52.4 Å². The molecule has 6 heteroatoms. The van der Waals surface area contributed by atoms with Crippen LogP contribution in [0, 0.1) is 0 Å². The van der Waals surface area contributed by atoms with Crippen LogP contribution in [0.3, 0.4) is 0 Å². The molecule has 4 nitrogen and oxygen atoms in total. The van der Waals surface area contributed by atoms with Crippen LogP contribution in [0.1, 0.15) is 51.0 Å². The quantitative estimate of drug-likeness (QED) is 0.543. The maximum absolute atomic E-state index is 12.7. The first kappa shape index (κ1) is 20.8.